The van der Waals surface area contributed by atoms with Crippen molar-refractivity contribution in [2.45, 2.75) is 37.8 Å². The number of rotatable bonds is 4. The fourth-order valence-electron chi connectivity index (χ4n) is 3.91. The van der Waals surface area contributed by atoms with Crippen LogP contribution >= 0.6 is 0 Å². The molecule has 0 bridgehead atoms. The molecule has 8 nitrogen and oxygen atoms in total. The Kier molecular flexibility index (Phi) is 4.77. The molecule has 1 spiro atoms. The standard InChI is InChI=1S/C20H24N6O2/c1-27-17-12-14(7-8-16(17)28-15-6-5-11-23-13-15)26-19(22)24-18(21)25-20(26)9-3-2-4-10-20/h5-8,11-13H,2-4,9-10H2,1H3,(H4,21,22,24,25). The van der Waals surface area contributed by atoms with E-state index in [-0.39, 0.29) is 5.96 Å². The van der Waals surface area contributed by atoms with Crippen LogP contribution in [0.5, 0.6) is 17.2 Å². The molecule has 8 heteroatoms. The zero-order valence-electron chi connectivity index (χ0n) is 15.8. The minimum atomic E-state index is -0.495. The first-order valence-electron chi connectivity index (χ1n) is 9.37. The normalized spacial score (nSPS) is 18.4. The van der Waals surface area contributed by atoms with E-state index < -0.39 is 5.66 Å². The third-order valence-corrected chi connectivity index (χ3v) is 5.12. The molecule has 1 aliphatic heterocycles. The molecular weight excluding hydrogens is 356 g/mol. The van der Waals surface area contributed by atoms with Crippen LogP contribution in [0.3, 0.4) is 0 Å². The van der Waals surface area contributed by atoms with Gasteiger partial charge in [-0.15, -0.1) is 0 Å². The highest BCUT2D eigenvalue weighted by Crippen LogP contribution is 2.42. The number of hydrogen-bond donors (Lipinski definition) is 2. The van der Waals surface area contributed by atoms with E-state index >= 15 is 0 Å². The molecule has 2 aliphatic rings. The van der Waals surface area contributed by atoms with E-state index in [1.54, 1.807) is 19.5 Å². The van der Waals surface area contributed by atoms with Gasteiger partial charge in [-0.25, -0.2) is 4.99 Å². The lowest BCUT2D eigenvalue weighted by atomic mass is 9.87. The van der Waals surface area contributed by atoms with Crippen molar-refractivity contribution in [3.63, 3.8) is 0 Å². The first-order chi connectivity index (χ1) is 13.6. The lowest BCUT2D eigenvalue weighted by Crippen LogP contribution is -2.58. The number of aromatic nitrogens is 1. The Hall–Kier alpha value is -3.29. The topological polar surface area (TPSA) is 111 Å². The monoisotopic (exact) mass is 380 g/mol. The molecule has 0 amide bonds. The summed E-state index contributed by atoms with van der Waals surface area (Å²) >= 11 is 0. The molecule has 2 aromatic rings. The van der Waals surface area contributed by atoms with Crippen LogP contribution in [0.2, 0.25) is 0 Å². The predicted molar refractivity (Wildman–Crippen MR) is 109 cm³/mol. The molecule has 146 valence electrons. The Morgan fingerprint density at radius 1 is 1.07 bits per heavy atom. The van der Waals surface area contributed by atoms with E-state index in [1.165, 1.54) is 6.42 Å². The molecule has 1 aromatic heterocycles. The third-order valence-electron chi connectivity index (χ3n) is 5.12. The smallest absolute Gasteiger partial charge is 0.220 e. The summed E-state index contributed by atoms with van der Waals surface area (Å²) in [6.07, 6.45) is 8.42. The van der Waals surface area contributed by atoms with Crippen LogP contribution in [0.15, 0.2) is 52.7 Å². The first-order valence-corrected chi connectivity index (χ1v) is 9.37. The second kappa shape index (κ2) is 7.38. The number of guanidine groups is 2. The van der Waals surface area contributed by atoms with E-state index in [2.05, 4.69) is 9.98 Å². The van der Waals surface area contributed by atoms with Crippen LogP contribution in [0.25, 0.3) is 0 Å². The highest BCUT2D eigenvalue weighted by atomic mass is 16.5. The quantitative estimate of drug-likeness (QED) is 0.843. The molecular formula is C20H24N6O2. The van der Waals surface area contributed by atoms with Crippen molar-refractivity contribution in [3.8, 4) is 17.2 Å². The maximum Gasteiger partial charge on any atom is 0.220 e. The second-order valence-electron chi connectivity index (χ2n) is 6.94. The maximum atomic E-state index is 6.29. The van der Waals surface area contributed by atoms with Crippen LogP contribution in [-0.2, 0) is 0 Å². The number of methoxy groups -OCH3 is 1. The first kappa shape index (κ1) is 18.1. The number of nitrogens with two attached hydrogens (primary N) is 2. The fourth-order valence-corrected chi connectivity index (χ4v) is 3.91. The minimum absolute atomic E-state index is 0.235. The van der Waals surface area contributed by atoms with Crippen molar-refractivity contribution in [1.29, 1.82) is 0 Å². The molecule has 2 heterocycles. The van der Waals surface area contributed by atoms with Crippen molar-refractivity contribution in [1.82, 2.24) is 4.98 Å². The van der Waals surface area contributed by atoms with Crippen LogP contribution in [0.4, 0.5) is 5.69 Å². The number of aliphatic imine (C=N–C) groups is 2. The summed E-state index contributed by atoms with van der Waals surface area (Å²) in [4.78, 5) is 14.9. The van der Waals surface area contributed by atoms with Crippen LogP contribution in [0, 0.1) is 0 Å². The SMILES string of the molecule is COc1cc(N2C(N)=NC(N)=NC23CCCCC3)ccc1Oc1cccnc1. The van der Waals surface area contributed by atoms with E-state index in [9.17, 15) is 0 Å². The summed E-state index contributed by atoms with van der Waals surface area (Å²) in [5, 5.41) is 0. The van der Waals surface area contributed by atoms with Gasteiger partial charge in [0.1, 0.15) is 11.4 Å². The molecule has 1 saturated carbocycles. The summed E-state index contributed by atoms with van der Waals surface area (Å²) in [5.74, 6) is 2.39. The Labute approximate surface area is 163 Å². The Bertz CT molecular complexity index is 906. The Balaban J connectivity index is 1.70. The van der Waals surface area contributed by atoms with Crippen molar-refractivity contribution in [2.24, 2.45) is 21.5 Å². The number of hydrogen-bond acceptors (Lipinski definition) is 8. The zero-order chi connectivity index (χ0) is 19.6. The van der Waals surface area contributed by atoms with Gasteiger partial charge in [0, 0.05) is 12.3 Å². The number of anilines is 1. The van der Waals surface area contributed by atoms with Crippen LogP contribution in [-0.4, -0.2) is 29.7 Å². The summed E-state index contributed by atoms with van der Waals surface area (Å²) in [5.41, 5.74) is 12.6. The molecule has 0 radical (unpaired) electrons. The highest BCUT2D eigenvalue weighted by molar-refractivity contribution is 6.05. The molecule has 0 saturated heterocycles. The van der Waals surface area contributed by atoms with Crippen molar-refractivity contribution in [3.05, 3.63) is 42.7 Å². The average Bonchev–Trinajstić information content (AvgIpc) is 2.69. The number of nitrogens with zero attached hydrogens (tertiary/aromatic N) is 4. The van der Waals surface area contributed by atoms with Gasteiger partial charge >= 0.3 is 0 Å². The van der Waals surface area contributed by atoms with Crippen molar-refractivity contribution >= 4 is 17.6 Å². The maximum absolute atomic E-state index is 6.29. The molecule has 0 atom stereocenters. The molecule has 28 heavy (non-hydrogen) atoms. The summed E-state index contributed by atoms with van der Waals surface area (Å²) in [7, 11) is 1.61. The summed E-state index contributed by atoms with van der Waals surface area (Å²) < 4.78 is 11.5. The highest BCUT2D eigenvalue weighted by Gasteiger charge is 2.42. The van der Waals surface area contributed by atoms with E-state index in [4.69, 9.17) is 25.9 Å². The summed E-state index contributed by atoms with van der Waals surface area (Å²) in [6.45, 7) is 0. The molecule has 0 unspecified atom stereocenters. The van der Waals surface area contributed by atoms with Gasteiger partial charge in [0.05, 0.1) is 19.0 Å². The Morgan fingerprint density at radius 2 is 1.89 bits per heavy atom. The molecule has 1 aliphatic carbocycles. The average molecular weight is 380 g/mol. The van der Waals surface area contributed by atoms with Crippen LogP contribution < -0.4 is 25.8 Å². The van der Waals surface area contributed by atoms with Gasteiger partial charge in [-0.05, 0) is 49.9 Å². The minimum Gasteiger partial charge on any atom is -0.493 e. The van der Waals surface area contributed by atoms with E-state index in [1.807, 2.05) is 35.2 Å². The van der Waals surface area contributed by atoms with Crippen molar-refractivity contribution in [2.75, 3.05) is 12.0 Å². The lowest BCUT2D eigenvalue weighted by molar-refractivity contribution is 0.305. The predicted octanol–water partition coefficient (Wildman–Crippen LogP) is 2.99. The van der Waals surface area contributed by atoms with Gasteiger partial charge in [-0.1, -0.05) is 6.42 Å². The number of benzene rings is 1. The third kappa shape index (κ3) is 3.33. The molecule has 4 N–H and O–H groups in total. The van der Waals surface area contributed by atoms with Gasteiger partial charge in [0.2, 0.25) is 11.9 Å². The zero-order valence-corrected chi connectivity index (χ0v) is 15.8. The van der Waals surface area contributed by atoms with Crippen molar-refractivity contribution < 1.29 is 9.47 Å². The molecule has 1 aromatic carbocycles. The molecule has 1 fully saturated rings. The van der Waals surface area contributed by atoms with E-state index in [0.29, 0.717) is 23.2 Å². The second-order valence-corrected chi connectivity index (χ2v) is 6.94. The van der Waals surface area contributed by atoms with Gasteiger partial charge in [-0.3, -0.25) is 9.88 Å². The van der Waals surface area contributed by atoms with Gasteiger partial charge in [-0.2, -0.15) is 4.99 Å². The largest absolute Gasteiger partial charge is 0.493 e. The van der Waals surface area contributed by atoms with E-state index in [0.717, 1.165) is 31.4 Å². The van der Waals surface area contributed by atoms with Crippen LogP contribution in [0.1, 0.15) is 32.1 Å². The Morgan fingerprint density at radius 3 is 2.61 bits per heavy atom. The van der Waals surface area contributed by atoms with Gasteiger partial charge in [0.25, 0.3) is 0 Å². The number of ether oxygens (including phenoxy) is 2. The molecule has 4 rings (SSSR count). The summed E-state index contributed by atoms with van der Waals surface area (Å²) in [6, 6.07) is 9.33. The number of pyridine rings is 1. The van der Waals surface area contributed by atoms with Gasteiger partial charge in [0.15, 0.2) is 11.5 Å². The fraction of sp³-hybridized carbons (Fsp3) is 0.350. The lowest BCUT2D eigenvalue weighted by Gasteiger charge is -2.45. The van der Waals surface area contributed by atoms with Gasteiger partial charge < -0.3 is 20.9 Å².